The Balaban J connectivity index is 1.55. The van der Waals surface area contributed by atoms with Crippen LogP contribution in [0.1, 0.15) is 43.7 Å². The number of nitrogens with zero attached hydrogens (tertiary/aromatic N) is 2. The minimum absolute atomic E-state index is 0.0730. The van der Waals surface area contributed by atoms with Gasteiger partial charge in [0.25, 0.3) is 12.1 Å². The molecule has 0 aliphatic carbocycles. The monoisotopic (exact) mass is 567 g/mol. The van der Waals surface area contributed by atoms with Crippen LogP contribution in [0.4, 0.5) is 4.39 Å². The summed E-state index contributed by atoms with van der Waals surface area (Å²) in [7, 11) is -2.68. The third kappa shape index (κ3) is 7.44. The van der Waals surface area contributed by atoms with Gasteiger partial charge < -0.3 is 14.6 Å². The zero-order valence-corrected chi connectivity index (χ0v) is 22.8. The second kappa shape index (κ2) is 12.7. The molecule has 39 heavy (non-hydrogen) atoms. The third-order valence-electron chi connectivity index (χ3n) is 6.31. The van der Waals surface area contributed by atoms with Crippen LogP contribution in [0.2, 0.25) is 0 Å². The SMILES string of the molecule is C#[N+]C(C)C(=O)OC(C)Cc1ccc(C)c(CO[P+](=O)OCC2OC(n3ccc(=O)[nH]c3=O)C(C)(F)C2O)c1. The highest BCUT2D eigenvalue weighted by Gasteiger charge is 2.56. The van der Waals surface area contributed by atoms with Crippen molar-refractivity contribution in [3.05, 3.63) is 72.8 Å². The van der Waals surface area contributed by atoms with Crippen LogP contribution in [-0.4, -0.2) is 57.3 Å². The number of alkyl halides is 1. The number of rotatable bonds is 11. The zero-order valence-electron chi connectivity index (χ0n) is 21.9. The number of carbonyl (C=O) groups is 1. The first kappa shape index (κ1) is 30.3. The molecule has 1 saturated heterocycles. The largest absolute Gasteiger partial charge is 0.697 e. The lowest BCUT2D eigenvalue weighted by Crippen LogP contribution is -2.43. The van der Waals surface area contributed by atoms with E-state index in [0.717, 1.165) is 34.9 Å². The van der Waals surface area contributed by atoms with Crippen molar-refractivity contribution in [2.45, 2.75) is 77.0 Å². The summed E-state index contributed by atoms with van der Waals surface area (Å²) in [5.41, 5.74) is -1.57. The van der Waals surface area contributed by atoms with Crippen LogP contribution in [0.25, 0.3) is 4.85 Å². The Morgan fingerprint density at radius 2 is 2.05 bits per heavy atom. The van der Waals surface area contributed by atoms with Crippen LogP contribution < -0.4 is 11.2 Å². The van der Waals surface area contributed by atoms with Gasteiger partial charge >= 0.3 is 26.0 Å². The number of nitrogens with one attached hydrogen (secondary N) is 1. The van der Waals surface area contributed by atoms with Gasteiger partial charge in [0, 0.05) is 30.2 Å². The van der Waals surface area contributed by atoms with Gasteiger partial charge in [-0.2, -0.15) is 0 Å². The van der Waals surface area contributed by atoms with Gasteiger partial charge in [0.1, 0.15) is 31.5 Å². The summed E-state index contributed by atoms with van der Waals surface area (Å²) in [6, 6.07) is 5.79. The van der Waals surface area contributed by atoms with Crippen molar-refractivity contribution >= 4 is 14.2 Å². The summed E-state index contributed by atoms with van der Waals surface area (Å²) in [5, 5.41) is 10.4. The van der Waals surface area contributed by atoms with E-state index in [4.69, 9.17) is 25.1 Å². The molecule has 14 heteroatoms. The number of aromatic amines is 1. The second-order valence-electron chi connectivity index (χ2n) is 9.47. The molecule has 1 aromatic carbocycles. The molecule has 7 atom stereocenters. The highest BCUT2D eigenvalue weighted by Crippen LogP contribution is 2.41. The number of aromatic nitrogens is 2. The molecule has 1 aromatic heterocycles. The Morgan fingerprint density at radius 1 is 1.33 bits per heavy atom. The maximum absolute atomic E-state index is 15.3. The highest BCUT2D eigenvalue weighted by molar-refractivity contribution is 7.33. The smallest absolute Gasteiger partial charge is 0.456 e. The number of hydrogen-bond acceptors (Lipinski definition) is 9. The Labute approximate surface area is 224 Å². The molecule has 0 saturated carbocycles. The van der Waals surface area contributed by atoms with Crippen LogP contribution >= 0.6 is 8.25 Å². The maximum atomic E-state index is 15.3. The van der Waals surface area contributed by atoms with Crippen molar-refractivity contribution in [2.24, 2.45) is 0 Å². The van der Waals surface area contributed by atoms with Crippen molar-refractivity contribution < 1.29 is 37.4 Å². The summed E-state index contributed by atoms with van der Waals surface area (Å²) in [4.78, 5) is 40.6. The number of aliphatic hydroxyl groups is 1. The molecule has 1 aliphatic heterocycles. The summed E-state index contributed by atoms with van der Waals surface area (Å²) >= 11 is 0. The zero-order chi connectivity index (χ0) is 28.9. The molecule has 0 bridgehead atoms. The minimum atomic E-state index is -2.68. The van der Waals surface area contributed by atoms with Crippen molar-refractivity contribution in [1.29, 1.82) is 0 Å². The first-order valence-electron chi connectivity index (χ1n) is 12.1. The summed E-state index contributed by atoms with van der Waals surface area (Å²) in [6.07, 6.45) is -3.51. The average Bonchev–Trinajstić information content (AvgIpc) is 3.10. The topological polar surface area (TPSA) is 151 Å². The number of aliphatic hydroxyl groups excluding tert-OH is 1. The molecule has 2 aromatic rings. The van der Waals surface area contributed by atoms with Gasteiger partial charge in [-0.15, -0.1) is 9.05 Å². The molecule has 2 N–H and O–H groups in total. The second-order valence-corrected chi connectivity index (χ2v) is 10.4. The van der Waals surface area contributed by atoms with E-state index in [1.54, 1.807) is 6.92 Å². The lowest BCUT2D eigenvalue weighted by atomic mass is 9.98. The molecule has 0 spiro atoms. The van der Waals surface area contributed by atoms with Crippen LogP contribution in [0.15, 0.2) is 40.1 Å². The quantitative estimate of drug-likeness (QED) is 0.308. The van der Waals surface area contributed by atoms with E-state index < -0.39 is 68.3 Å². The number of H-pyrrole nitrogens is 1. The number of benzene rings is 1. The number of hydrogen-bond donors (Lipinski definition) is 2. The predicted molar refractivity (Wildman–Crippen MR) is 137 cm³/mol. The van der Waals surface area contributed by atoms with Crippen molar-refractivity contribution in [1.82, 2.24) is 9.55 Å². The van der Waals surface area contributed by atoms with E-state index in [-0.39, 0.29) is 6.61 Å². The lowest BCUT2D eigenvalue weighted by molar-refractivity contribution is -0.148. The minimum Gasteiger partial charge on any atom is -0.456 e. The molecular weight excluding hydrogens is 536 g/mol. The molecule has 12 nitrogen and oxygen atoms in total. The van der Waals surface area contributed by atoms with Gasteiger partial charge in [-0.1, -0.05) is 23.0 Å². The molecule has 3 rings (SSSR count). The average molecular weight is 568 g/mol. The first-order chi connectivity index (χ1) is 18.3. The van der Waals surface area contributed by atoms with E-state index in [9.17, 15) is 24.1 Å². The fourth-order valence-electron chi connectivity index (χ4n) is 3.99. The molecule has 2 heterocycles. The predicted octanol–water partition coefficient (Wildman–Crippen LogP) is 2.55. The van der Waals surface area contributed by atoms with Gasteiger partial charge in [0.2, 0.25) is 0 Å². The maximum Gasteiger partial charge on any atom is 0.697 e. The van der Waals surface area contributed by atoms with Gasteiger partial charge in [-0.25, -0.2) is 14.0 Å². The van der Waals surface area contributed by atoms with Gasteiger partial charge in [0.15, 0.2) is 11.9 Å². The number of ether oxygens (including phenoxy) is 2. The van der Waals surface area contributed by atoms with E-state index in [0.29, 0.717) is 12.0 Å². The summed E-state index contributed by atoms with van der Waals surface area (Å²) < 4.78 is 49.7. The Kier molecular flexibility index (Phi) is 9.88. The number of esters is 1. The van der Waals surface area contributed by atoms with E-state index in [1.165, 1.54) is 6.92 Å². The van der Waals surface area contributed by atoms with E-state index in [2.05, 4.69) is 4.85 Å². The molecule has 1 aliphatic rings. The van der Waals surface area contributed by atoms with E-state index >= 15 is 4.39 Å². The van der Waals surface area contributed by atoms with Crippen LogP contribution in [-0.2, 0) is 40.9 Å². The van der Waals surface area contributed by atoms with Gasteiger partial charge in [0.05, 0.1) is 0 Å². The highest BCUT2D eigenvalue weighted by atomic mass is 31.1. The van der Waals surface area contributed by atoms with Crippen molar-refractivity contribution in [2.75, 3.05) is 6.61 Å². The molecule has 0 radical (unpaired) electrons. The number of aryl methyl sites for hydroxylation is 1. The van der Waals surface area contributed by atoms with Crippen molar-refractivity contribution in [3.63, 3.8) is 0 Å². The normalized spacial score (nSPS) is 24.5. The van der Waals surface area contributed by atoms with E-state index in [1.807, 2.05) is 30.1 Å². The Bertz CT molecular complexity index is 1370. The molecule has 1 fully saturated rings. The summed E-state index contributed by atoms with van der Waals surface area (Å²) in [6.45, 7) is 10.7. The molecule has 210 valence electrons. The van der Waals surface area contributed by atoms with Crippen LogP contribution in [0, 0.1) is 13.5 Å². The van der Waals surface area contributed by atoms with Crippen LogP contribution in [0.3, 0.4) is 0 Å². The van der Waals surface area contributed by atoms with Crippen molar-refractivity contribution in [3.8, 4) is 6.57 Å². The Hall–Kier alpha value is -3.27. The standard InChI is InChI=1S/C25H30FN3O9P/c1-14-6-7-17(10-15(2)37-22(32)16(3)27-5)11-18(14)12-35-39(34)36-13-19-21(31)25(4,26)23(38-19)29-9-8-20(30)28-24(29)33/h5-9,11,15-16,19,21,23,31H,10,12-13H2,1-4H3/q+1/p+1. The van der Waals surface area contributed by atoms with Gasteiger partial charge in [-0.05, 0) is 37.5 Å². The molecule has 0 amide bonds. The molecular formula is C25H31FN3O9P+2. The summed E-state index contributed by atoms with van der Waals surface area (Å²) in [5.74, 6) is -0.531. The fraction of sp³-hybridized carbons (Fsp3) is 0.520. The first-order valence-corrected chi connectivity index (χ1v) is 13.2. The Morgan fingerprint density at radius 3 is 2.72 bits per heavy atom. The molecule has 7 unspecified atom stereocenters. The number of carbonyl (C=O) groups excluding carboxylic acids is 1. The number of halogens is 1. The fourth-order valence-corrected chi connectivity index (χ4v) is 4.58. The van der Waals surface area contributed by atoms with Crippen LogP contribution in [0.5, 0.6) is 0 Å². The van der Waals surface area contributed by atoms with Gasteiger partial charge in [-0.3, -0.25) is 14.3 Å². The third-order valence-corrected chi connectivity index (χ3v) is 7.01. The lowest BCUT2D eigenvalue weighted by Gasteiger charge is -2.24.